The molecule has 1 atom stereocenters. The van der Waals surface area contributed by atoms with E-state index in [1.54, 1.807) is 14.2 Å². The fourth-order valence-electron chi connectivity index (χ4n) is 4.19. The van der Waals surface area contributed by atoms with Gasteiger partial charge < -0.3 is 14.8 Å². The average molecular weight is 486 g/mol. The van der Waals surface area contributed by atoms with Crippen LogP contribution in [0.5, 0.6) is 11.5 Å². The second-order valence-electron chi connectivity index (χ2n) is 8.59. The van der Waals surface area contributed by atoms with Gasteiger partial charge in [-0.3, -0.25) is 9.59 Å². The summed E-state index contributed by atoms with van der Waals surface area (Å²) in [7, 11) is 3.25. The van der Waals surface area contributed by atoms with Crippen LogP contribution < -0.4 is 14.8 Å². The zero-order valence-electron chi connectivity index (χ0n) is 20.6. The standard InChI is InChI=1S/C29H31N3O4/c1-35-24-12-8-21(9-13-24)18-19-30-28(33)16-17-29(34)32-27(23-10-14-25(36-2)15-11-23)20-26(31-32)22-6-4-3-5-7-22/h3-15,27H,16-20H2,1-2H3,(H,30,33). The molecular formula is C29H31N3O4. The molecule has 0 aromatic heterocycles. The molecule has 1 aliphatic rings. The molecule has 4 rings (SSSR count). The molecule has 3 aromatic rings. The van der Waals surface area contributed by atoms with Crippen molar-refractivity contribution in [1.29, 1.82) is 0 Å². The molecular weight excluding hydrogens is 454 g/mol. The van der Waals surface area contributed by atoms with E-state index in [-0.39, 0.29) is 30.7 Å². The number of nitrogens with one attached hydrogen (secondary N) is 1. The molecule has 36 heavy (non-hydrogen) atoms. The summed E-state index contributed by atoms with van der Waals surface area (Å²) in [5.41, 5.74) is 3.92. The first-order valence-corrected chi connectivity index (χ1v) is 12.1. The normalized spacial score (nSPS) is 14.8. The minimum Gasteiger partial charge on any atom is -0.497 e. The summed E-state index contributed by atoms with van der Waals surface area (Å²) in [5.74, 6) is 1.23. The highest BCUT2D eigenvalue weighted by molar-refractivity contribution is 6.03. The largest absolute Gasteiger partial charge is 0.497 e. The third-order valence-corrected chi connectivity index (χ3v) is 6.23. The van der Waals surface area contributed by atoms with E-state index in [4.69, 9.17) is 9.47 Å². The van der Waals surface area contributed by atoms with Gasteiger partial charge in [0.2, 0.25) is 11.8 Å². The maximum absolute atomic E-state index is 13.2. The quantitative estimate of drug-likeness (QED) is 0.458. The molecule has 0 radical (unpaired) electrons. The van der Waals surface area contributed by atoms with E-state index in [1.807, 2.05) is 78.9 Å². The minimum absolute atomic E-state index is 0.0899. The van der Waals surface area contributed by atoms with E-state index in [0.717, 1.165) is 33.9 Å². The van der Waals surface area contributed by atoms with Crippen molar-refractivity contribution in [1.82, 2.24) is 10.3 Å². The lowest BCUT2D eigenvalue weighted by molar-refractivity contribution is -0.135. The Balaban J connectivity index is 1.36. The van der Waals surface area contributed by atoms with Gasteiger partial charge in [0.05, 0.1) is 26.0 Å². The Hall–Kier alpha value is -4.13. The van der Waals surface area contributed by atoms with Gasteiger partial charge in [0.15, 0.2) is 0 Å². The first-order chi connectivity index (χ1) is 17.6. The molecule has 0 fully saturated rings. The van der Waals surface area contributed by atoms with Crippen LogP contribution in [0, 0.1) is 0 Å². The first kappa shape index (κ1) is 25.0. The van der Waals surface area contributed by atoms with Crippen molar-refractivity contribution in [3.63, 3.8) is 0 Å². The lowest BCUT2D eigenvalue weighted by Gasteiger charge is -2.22. The van der Waals surface area contributed by atoms with Gasteiger partial charge in [-0.2, -0.15) is 5.10 Å². The van der Waals surface area contributed by atoms with Crippen LogP contribution in [0.4, 0.5) is 0 Å². The van der Waals surface area contributed by atoms with Crippen molar-refractivity contribution < 1.29 is 19.1 Å². The minimum atomic E-state index is -0.225. The number of carbonyl (C=O) groups excluding carboxylic acids is 2. The van der Waals surface area contributed by atoms with Crippen molar-refractivity contribution in [2.45, 2.75) is 31.7 Å². The highest BCUT2D eigenvalue weighted by atomic mass is 16.5. The molecule has 0 aliphatic carbocycles. The summed E-state index contributed by atoms with van der Waals surface area (Å²) in [6, 6.07) is 25.1. The van der Waals surface area contributed by atoms with Crippen LogP contribution in [-0.4, -0.2) is 43.3 Å². The Morgan fingerprint density at radius 3 is 2.17 bits per heavy atom. The van der Waals surface area contributed by atoms with Gasteiger partial charge in [-0.25, -0.2) is 5.01 Å². The number of hydrazone groups is 1. The molecule has 1 N–H and O–H groups in total. The average Bonchev–Trinajstić information content (AvgIpc) is 3.38. The van der Waals surface area contributed by atoms with Crippen molar-refractivity contribution >= 4 is 17.5 Å². The zero-order valence-corrected chi connectivity index (χ0v) is 20.6. The zero-order chi connectivity index (χ0) is 25.3. The number of nitrogens with zero attached hydrogens (tertiary/aromatic N) is 2. The summed E-state index contributed by atoms with van der Waals surface area (Å²) in [6.07, 6.45) is 1.52. The van der Waals surface area contributed by atoms with Crippen molar-refractivity contribution in [2.75, 3.05) is 20.8 Å². The van der Waals surface area contributed by atoms with Gasteiger partial charge in [-0.15, -0.1) is 0 Å². The third kappa shape index (κ3) is 6.30. The van der Waals surface area contributed by atoms with E-state index in [2.05, 4.69) is 10.4 Å². The van der Waals surface area contributed by atoms with E-state index >= 15 is 0 Å². The molecule has 0 bridgehead atoms. The molecule has 3 aromatic carbocycles. The number of carbonyl (C=O) groups is 2. The molecule has 186 valence electrons. The van der Waals surface area contributed by atoms with Gasteiger partial charge in [0, 0.05) is 25.8 Å². The molecule has 1 heterocycles. The predicted molar refractivity (Wildman–Crippen MR) is 139 cm³/mol. The lowest BCUT2D eigenvalue weighted by atomic mass is 9.98. The molecule has 1 unspecified atom stereocenters. The van der Waals surface area contributed by atoms with Gasteiger partial charge in [0.25, 0.3) is 0 Å². The highest BCUT2D eigenvalue weighted by Gasteiger charge is 2.33. The number of ether oxygens (including phenoxy) is 2. The molecule has 1 aliphatic heterocycles. The Kier molecular flexibility index (Phi) is 8.34. The molecule has 7 heteroatoms. The molecule has 2 amide bonds. The Labute approximate surface area is 211 Å². The topological polar surface area (TPSA) is 80.2 Å². The summed E-state index contributed by atoms with van der Waals surface area (Å²) in [5, 5.41) is 9.12. The monoisotopic (exact) mass is 485 g/mol. The summed E-state index contributed by atoms with van der Waals surface area (Å²) < 4.78 is 10.4. The number of benzene rings is 3. The molecule has 0 saturated carbocycles. The van der Waals surface area contributed by atoms with Crippen molar-refractivity contribution in [3.8, 4) is 11.5 Å². The Morgan fingerprint density at radius 1 is 0.889 bits per heavy atom. The fourth-order valence-corrected chi connectivity index (χ4v) is 4.19. The van der Waals surface area contributed by atoms with Crippen LogP contribution in [0.15, 0.2) is 84.0 Å². The molecule has 7 nitrogen and oxygen atoms in total. The van der Waals surface area contributed by atoms with Crippen LogP contribution in [0.3, 0.4) is 0 Å². The first-order valence-electron chi connectivity index (χ1n) is 12.1. The van der Waals surface area contributed by atoms with E-state index < -0.39 is 0 Å². The third-order valence-electron chi connectivity index (χ3n) is 6.23. The lowest BCUT2D eigenvalue weighted by Crippen LogP contribution is -2.30. The summed E-state index contributed by atoms with van der Waals surface area (Å²) >= 11 is 0. The number of rotatable bonds is 10. The van der Waals surface area contributed by atoms with Gasteiger partial charge in [-0.1, -0.05) is 54.6 Å². The second kappa shape index (κ2) is 12.0. The van der Waals surface area contributed by atoms with Crippen molar-refractivity contribution in [2.24, 2.45) is 5.10 Å². The Bertz CT molecular complexity index is 1190. The van der Waals surface area contributed by atoms with Crippen LogP contribution in [0.1, 0.15) is 42.0 Å². The maximum atomic E-state index is 13.2. The van der Waals surface area contributed by atoms with Crippen LogP contribution in [0.25, 0.3) is 0 Å². The van der Waals surface area contributed by atoms with Crippen molar-refractivity contribution in [3.05, 3.63) is 95.6 Å². The smallest absolute Gasteiger partial charge is 0.243 e. The van der Waals surface area contributed by atoms with E-state index in [1.165, 1.54) is 5.01 Å². The maximum Gasteiger partial charge on any atom is 0.243 e. The number of amides is 2. The van der Waals surface area contributed by atoms with Gasteiger partial charge >= 0.3 is 0 Å². The van der Waals surface area contributed by atoms with Gasteiger partial charge in [0.1, 0.15) is 11.5 Å². The van der Waals surface area contributed by atoms with Crippen LogP contribution in [-0.2, 0) is 16.0 Å². The predicted octanol–water partition coefficient (Wildman–Crippen LogP) is 4.52. The van der Waals surface area contributed by atoms with Crippen LogP contribution >= 0.6 is 0 Å². The second-order valence-corrected chi connectivity index (χ2v) is 8.59. The SMILES string of the molecule is COc1ccc(CCNC(=O)CCC(=O)N2N=C(c3ccccc3)CC2c2ccc(OC)cc2)cc1. The molecule has 0 spiro atoms. The molecule has 0 saturated heterocycles. The Morgan fingerprint density at radius 2 is 1.53 bits per heavy atom. The number of hydrogen-bond donors (Lipinski definition) is 1. The number of methoxy groups -OCH3 is 2. The highest BCUT2D eigenvalue weighted by Crippen LogP contribution is 2.34. The summed E-state index contributed by atoms with van der Waals surface area (Å²) in [4.78, 5) is 25.6. The van der Waals surface area contributed by atoms with E-state index in [0.29, 0.717) is 19.4 Å². The van der Waals surface area contributed by atoms with Gasteiger partial charge in [-0.05, 0) is 47.4 Å². The van der Waals surface area contributed by atoms with E-state index in [9.17, 15) is 9.59 Å². The fraction of sp³-hybridized carbons (Fsp3) is 0.276. The number of hydrogen-bond acceptors (Lipinski definition) is 5. The summed E-state index contributed by atoms with van der Waals surface area (Å²) in [6.45, 7) is 0.508. The van der Waals surface area contributed by atoms with Crippen LogP contribution in [0.2, 0.25) is 0 Å².